The van der Waals surface area contributed by atoms with Crippen LogP contribution in [0.5, 0.6) is 0 Å². The van der Waals surface area contributed by atoms with Gasteiger partial charge in [0.15, 0.2) is 0 Å². The van der Waals surface area contributed by atoms with Gasteiger partial charge in [0, 0.05) is 30.5 Å². The van der Waals surface area contributed by atoms with Gasteiger partial charge in [0.1, 0.15) is 0 Å². The molecule has 1 N–H and O–H groups in total. The Morgan fingerprint density at radius 2 is 2.00 bits per heavy atom. The summed E-state index contributed by atoms with van der Waals surface area (Å²) < 4.78 is 0. The van der Waals surface area contributed by atoms with Gasteiger partial charge < -0.3 is 10.2 Å². The average Bonchev–Trinajstić information content (AvgIpc) is 2.82. The summed E-state index contributed by atoms with van der Waals surface area (Å²) in [4.78, 5) is 13.4. The lowest BCUT2D eigenvalue weighted by Crippen LogP contribution is -2.14. The van der Waals surface area contributed by atoms with E-state index in [2.05, 4.69) is 40.5 Å². The molecule has 0 bridgehead atoms. The fourth-order valence-electron chi connectivity index (χ4n) is 2.56. The van der Waals surface area contributed by atoms with E-state index in [4.69, 9.17) is 0 Å². The van der Waals surface area contributed by atoms with E-state index in [0.29, 0.717) is 0 Å². The molecule has 0 aromatic heterocycles. The molecule has 0 fully saturated rings. The number of anilines is 3. The molecular weight excluding hydrogens is 236 g/mol. The Morgan fingerprint density at radius 3 is 2.84 bits per heavy atom. The van der Waals surface area contributed by atoms with Crippen molar-refractivity contribution in [2.24, 2.45) is 0 Å². The van der Waals surface area contributed by atoms with Gasteiger partial charge in [-0.1, -0.05) is 24.3 Å². The summed E-state index contributed by atoms with van der Waals surface area (Å²) >= 11 is 0. The zero-order chi connectivity index (χ0) is 13.2. The number of amides is 1. The molecule has 0 atom stereocenters. The Bertz CT molecular complexity index is 622. The molecule has 0 radical (unpaired) electrons. The van der Waals surface area contributed by atoms with Crippen LogP contribution in [0.1, 0.15) is 12.5 Å². The van der Waals surface area contributed by atoms with Gasteiger partial charge in [-0.25, -0.2) is 0 Å². The summed E-state index contributed by atoms with van der Waals surface area (Å²) in [6.45, 7) is 2.51. The summed E-state index contributed by atoms with van der Waals surface area (Å²) in [5.41, 5.74) is 4.61. The van der Waals surface area contributed by atoms with Crippen molar-refractivity contribution in [3.8, 4) is 0 Å². The van der Waals surface area contributed by atoms with Gasteiger partial charge in [-0.05, 0) is 36.2 Å². The smallest absolute Gasteiger partial charge is 0.221 e. The van der Waals surface area contributed by atoms with Crippen LogP contribution in [0.15, 0.2) is 48.5 Å². The van der Waals surface area contributed by atoms with Crippen LogP contribution in [-0.4, -0.2) is 12.5 Å². The van der Waals surface area contributed by atoms with Crippen molar-refractivity contribution in [3.63, 3.8) is 0 Å². The SMILES string of the molecule is CC(=O)Nc1cccc(N2CCc3ccccc32)c1. The van der Waals surface area contributed by atoms with E-state index in [0.717, 1.165) is 24.3 Å². The van der Waals surface area contributed by atoms with Crippen molar-refractivity contribution in [2.75, 3.05) is 16.8 Å². The van der Waals surface area contributed by atoms with E-state index in [1.54, 1.807) is 0 Å². The second kappa shape index (κ2) is 4.76. The molecule has 1 amide bonds. The van der Waals surface area contributed by atoms with Crippen molar-refractivity contribution >= 4 is 23.0 Å². The number of hydrogen-bond donors (Lipinski definition) is 1. The molecule has 3 heteroatoms. The largest absolute Gasteiger partial charge is 0.341 e. The van der Waals surface area contributed by atoms with Gasteiger partial charge in [0.25, 0.3) is 0 Å². The number of hydrogen-bond acceptors (Lipinski definition) is 2. The number of carbonyl (C=O) groups excluding carboxylic acids is 1. The zero-order valence-electron chi connectivity index (χ0n) is 10.9. The summed E-state index contributed by atoms with van der Waals surface area (Å²) in [5, 5.41) is 2.83. The van der Waals surface area contributed by atoms with Crippen LogP contribution >= 0.6 is 0 Å². The highest BCUT2D eigenvalue weighted by Crippen LogP contribution is 2.34. The third kappa shape index (κ3) is 2.32. The summed E-state index contributed by atoms with van der Waals surface area (Å²) in [6.07, 6.45) is 1.07. The van der Waals surface area contributed by atoms with Crippen LogP contribution < -0.4 is 10.2 Å². The van der Waals surface area contributed by atoms with Crippen LogP contribution in [0.25, 0.3) is 0 Å². The lowest BCUT2D eigenvalue weighted by atomic mass is 10.2. The maximum atomic E-state index is 11.1. The molecule has 3 nitrogen and oxygen atoms in total. The van der Waals surface area contributed by atoms with Gasteiger partial charge in [-0.15, -0.1) is 0 Å². The second-order valence-electron chi connectivity index (χ2n) is 4.76. The van der Waals surface area contributed by atoms with Crippen molar-refractivity contribution in [2.45, 2.75) is 13.3 Å². The highest BCUT2D eigenvalue weighted by atomic mass is 16.1. The Hall–Kier alpha value is -2.29. The Kier molecular flexibility index (Phi) is 2.95. The third-order valence-electron chi connectivity index (χ3n) is 3.37. The van der Waals surface area contributed by atoms with Gasteiger partial charge in [0.05, 0.1) is 0 Å². The first-order valence-corrected chi connectivity index (χ1v) is 6.47. The van der Waals surface area contributed by atoms with Crippen LogP contribution in [0.2, 0.25) is 0 Å². The Morgan fingerprint density at radius 1 is 1.16 bits per heavy atom. The van der Waals surface area contributed by atoms with Crippen molar-refractivity contribution < 1.29 is 4.79 Å². The Labute approximate surface area is 112 Å². The predicted molar refractivity (Wildman–Crippen MR) is 77.9 cm³/mol. The molecule has 2 aromatic carbocycles. The lowest BCUT2D eigenvalue weighted by Gasteiger charge is -2.20. The molecule has 96 valence electrons. The number of nitrogens with zero attached hydrogens (tertiary/aromatic N) is 1. The van der Waals surface area contributed by atoms with Crippen LogP contribution in [0.3, 0.4) is 0 Å². The number of fused-ring (bicyclic) bond motifs is 1. The molecule has 0 saturated heterocycles. The molecule has 0 spiro atoms. The van der Waals surface area contributed by atoms with E-state index in [1.165, 1.54) is 18.2 Å². The molecule has 0 saturated carbocycles. The quantitative estimate of drug-likeness (QED) is 0.889. The number of carbonyl (C=O) groups is 1. The first-order chi connectivity index (χ1) is 9.24. The van der Waals surface area contributed by atoms with Gasteiger partial charge in [0.2, 0.25) is 5.91 Å². The summed E-state index contributed by atoms with van der Waals surface area (Å²) in [5.74, 6) is -0.0426. The average molecular weight is 252 g/mol. The molecule has 0 aliphatic carbocycles. The molecule has 19 heavy (non-hydrogen) atoms. The number of para-hydroxylation sites is 1. The topological polar surface area (TPSA) is 32.3 Å². The standard InChI is InChI=1S/C16H16N2O/c1-12(19)17-14-6-4-7-15(11-14)18-10-9-13-5-2-3-8-16(13)18/h2-8,11H,9-10H2,1H3,(H,17,19). The third-order valence-corrected chi connectivity index (χ3v) is 3.37. The highest BCUT2D eigenvalue weighted by molar-refractivity contribution is 5.89. The van der Waals surface area contributed by atoms with Crippen molar-refractivity contribution in [1.29, 1.82) is 0 Å². The fraction of sp³-hybridized carbons (Fsp3) is 0.188. The maximum Gasteiger partial charge on any atom is 0.221 e. The predicted octanol–water partition coefficient (Wildman–Crippen LogP) is 3.34. The molecule has 0 unspecified atom stereocenters. The molecule has 3 rings (SSSR count). The van der Waals surface area contributed by atoms with Gasteiger partial charge >= 0.3 is 0 Å². The summed E-state index contributed by atoms with van der Waals surface area (Å²) in [6, 6.07) is 16.4. The number of nitrogens with one attached hydrogen (secondary N) is 1. The van der Waals surface area contributed by atoms with E-state index in [-0.39, 0.29) is 5.91 Å². The molecule has 1 aliphatic heterocycles. The van der Waals surface area contributed by atoms with Crippen molar-refractivity contribution in [3.05, 3.63) is 54.1 Å². The molecule has 2 aromatic rings. The van der Waals surface area contributed by atoms with Crippen LogP contribution in [0.4, 0.5) is 17.1 Å². The van der Waals surface area contributed by atoms with Crippen LogP contribution in [0, 0.1) is 0 Å². The normalized spacial score (nSPS) is 13.2. The fourth-order valence-corrected chi connectivity index (χ4v) is 2.56. The Balaban J connectivity index is 1.93. The van der Waals surface area contributed by atoms with Crippen LogP contribution in [-0.2, 0) is 11.2 Å². The zero-order valence-corrected chi connectivity index (χ0v) is 10.9. The van der Waals surface area contributed by atoms with Gasteiger partial charge in [-0.2, -0.15) is 0 Å². The maximum absolute atomic E-state index is 11.1. The van der Waals surface area contributed by atoms with E-state index >= 15 is 0 Å². The number of rotatable bonds is 2. The molecule has 1 aliphatic rings. The minimum atomic E-state index is -0.0426. The van der Waals surface area contributed by atoms with E-state index < -0.39 is 0 Å². The first kappa shape index (κ1) is 11.8. The number of benzene rings is 2. The minimum Gasteiger partial charge on any atom is -0.341 e. The first-order valence-electron chi connectivity index (χ1n) is 6.47. The minimum absolute atomic E-state index is 0.0426. The molecule has 1 heterocycles. The highest BCUT2D eigenvalue weighted by Gasteiger charge is 2.19. The van der Waals surface area contributed by atoms with Gasteiger partial charge in [-0.3, -0.25) is 4.79 Å². The van der Waals surface area contributed by atoms with Crippen molar-refractivity contribution in [1.82, 2.24) is 0 Å². The second-order valence-corrected chi connectivity index (χ2v) is 4.76. The molecular formula is C16H16N2O. The lowest BCUT2D eigenvalue weighted by molar-refractivity contribution is -0.114. The van der Waals surface area contributed by atoms with E-state index in [9.17, 15) is 4.79 Å². The van der Waals surface area contributed by atoms with E-state index in [1.807, 2.05) is 18.2 Å². The monoisotopic (exact) mass is 252 g/mol. The summed E-state index contributed by atoms with van der Waals surface area (Å²) in [7, 11) is 0.